The van der Waals surface area contributed by atoms with Crippen molar-refractivity contribution in [1.82, 2.24) is 29.5 Å². The van der Waals surface area contributed by atoms with Gasteiger partial charge in [0.05, 0.1) is 16.7 Å². The third kappa shape index (κ3) is 3.62. The molecule has 186 valence electrons. The fourth-order valence-corrected chi connectivity index (χ4v) is 5.26. The molecule has 1 aliphatic rings. The zero-order valence-corrected chi connectivity index (χ0v) is 20.1. The number of fused-ring (bicyclic) bond motifs is 3. The van der Waals surface area contributed by atoms with E-state index in [4.69, 9.17) is 10.7 Å². The van der Waals surface area contributed by atoms with Crippen LogP contribution in [0, 0.1) is 0 Å². The Balaban J connectivity index is 1.39. The highest BCUT2D eigenvalue weighted by Gasteiger charge is 2.55. The molecule has 0 bridgehead atoms. The molecule has 6 aromatic rings. The first-order valence-corrected chi connectivity index (χ1v) is 12.2. The molecule has 9 heteroatoms. The number of hydrogen-bond donors (Lipinski definition) is 1. The maximum Gasteiger partial charge on any atom is 0.252 e. The van der Waals surface area contributed by atoms with E-state index < -0.39 is 11.5 Å². The molecule has 1 fully saturated rings. The highest BCUT2D eigenvalue weighted by atomic mass is 19.3. The summed E-state index contributed by atoms with van der Waals surface area (Å²) in [5.41, 5.74) is 10.9. The number of hydrogen-bond acceptors (Lipinski definition) is 6. The normalized spacial score (nSPS) is 16.0. The maximum absolute atomic E-state index is 13.6. The third-order valence-corrected chi connectivity index (χ3v) is 7.10. The van der Waals surface area contributed by atoms with Crippen LogP contribution in [0.1, 0.15) is 18.4 Å². The Bertz CT molecular complexity index is 1790. The first-order valence-electron chi connectivity index (χ1n) is 12.2. The lowest BCUT2D eigenvalue weighted by Crippen LogP contribution is -2.55. The smallest absolute Gasteiger partial charge is 0.252 e. The van der Waals surface area contributed by atoms with Crippen molar-refractivity contribution in [3.8, 4) is 34.0 Å². The van der Waals surface area contributed by atoms with Crippen molar-refractivity contribution in [1.29, 1.82) is 0 Å². The van der Waals surface area contributed by atoms with Gasteiger partial charge in [0.2, 0.25) is 5.82 Å². The van der Waals surface area contributed by atoms with Crippen molar-refractivity contribution in [3.63, 3.8) is 0 Å². The SMILES string of the molecule is NC1(c2ccc(-c3nc4ccn5c(-c6ncccn6)nnc5c4cc3-c3ccccc3)cc2)CC(F)(F)C1. The molecule has 0 radical (unpaired) electrons. The summed E-state index contributed by atoms with van der Waals surface area (Å²) in [6.07, 6.45) is 4.51. The molecule has 0 spiro atoms. The van der Waals surface area contributed by atoms with Gasteiger partial charge < -0.3 is 5.73 Å². The molecule has 1 aliphatic carbocycles. The number of nitrogens with two attached hydrogens (primary N) is 1. The Labute approximate surface area is 216 Å². The molecule has 7 rings (SSSR count). The number of halogens is 2. The van der Waals surface area contributed by atoms with E-state index in [1.807, 2.05) is 71.3 Å². The molecule has 0 atom stereocenters. The van der Waals surface area contributed by atoms with E-state index in [0.29, 0.717) is 22.9 Å². The van der Waals surface area contributed by atoms with Crippen LogP contribution in [0.3, 0.4) is 0 Å². The van der Waals surface area contributed by atoms with Gasteiger partial charge in [-0.3, -0.25) is 4.40 Å². The molecule has 0 amide bonds. The molecule has 4 aromatic heterocycles. The molecule has 0 saturated heterocycles. The van der Waals surface area contributed by atoms with E-state index in [2.05, 4.69) is 26.2 Å². The lowest BCUT2D eigenvalue weighted by Gasteiger charge is -2.44. The largest absolute Gasteiger partial charge is 0.321 e. The van der Waals surface area contributed by atoms with Crippen molar-refractivity contribution < 1.29 is 8.78 Å². The summed E-state index contributed by atoms with van der Waals surface area (Å²) in [6.45, 7) is 0. The monoisotopic (exact) mass is 505 g/mol. The zero-order chi connectivity index (χ0) is 25.9. The van der Waals surface area contributed by atoms with Crippen molar-refractivity contribution in [2.24, 2.45) is 5.73 Å². The second-order valence-electron chi connectivity index (χ2n) is 9.73. The standard InChI is InChI=1S/C29H21F2N7/c30-29(31)16-28(32,17-29)20-9-7-19(8-10-20)24-21(18-5-2-1-3-6-18)15-22-23(35-24)11-14-38-26(22)36-37-27(38)25-33-12-4-13-34-25/h1-15H,16-17,32H2. The number of alkyl halides is 2. The minimum absolute atomic E-state index is 0.340. The molecular formula is C29H21F2N7. The van der Waals surface area contributed by atoms with Gasteiger partial charge >= 0.3 is 0 Å². The van der Waals surface area contributed by atoms with E-state index in [1.165, 1.54) is 0 Å². The Morgan fingerprint density at radius 3 is 2.26 bits per heavy atom. The molecule has 38 heavy (non-hydrogen) atoms. The van der Waals surface area contributed by atoms with Gasteiger partial charge in [-0.15, -0.1) is 10.2 Å². The summed E-state index contributed by atoms with van der Waals surface area (Å²) >= 11 is 0. The van der Waals surface area contributed by atoms with Crippen LogP contribution in [0.2, 0.25) is 0 Å². The number of pyridine rings is 2. The number of aromatic nitrogens is 6. The van der Waals surface area contributed by atoms with Crippen LogP contribution in [0.15, 0.2) is 91.4 Å². The average Bonchev–Trinajstić information content (AvgIpc) is 3.37. The van der Waals surface area contributed by atoms with Gasteiger partial charge in [0.15, 0.2) is 11.5 Å². The van der Waals surface area contributed by atoms with Crippen molar-refractivity contribution in [2.75, 3.05) is 0 Å². The lowest BCUT2D eigenvalue weighted by molar-refractivity contribution is -0.125. The zero-order valence-electron chi connectivity index (χ0n) is 20.1. The Morgan fingerprint density at radius 1 is 0.816 bits per heavy atom. The first kappa shape index (κ1) is 22.6. The van der Waals surface area contributed by atoms with Crippen molar-refractivity contribution >= 4 is 16.6 Å². The van der Waals surface area contributed by atoms with Gasteiger partial charge in [0.1, 0.15) is 0 Å². The van der Waals surface area contributed by atoms with E-state index in [9.17, 15) is 8.78 Å². The van der Waals surface area contributed by atoms with Gasteiger partial charge in [0.25, 0.3) is 5.92 Å². The minimum Gasteiger partial charge on any atom is -0.321 e. The summed E-state index contributed by atoms with van der Waals surface area (Å²) < 4.78 is 29.0. The van der Waals surface area contributed by atoms with Crippen LogP contribution in [0.25, 0.3) is 50.6 Å². The number of benzene rings is 2. The van der Waals surface area contributed by atoms with E-state index in [1.54, 1.807) is 18.5 Å². The first-order chi connectivity index (χ1) is 18.4. The van der Waals surface area contributed by atoms with Crippen LogP contribution in [0.4, 0.5) is 8.78 Å². The molecule has 4 heterocycles. The fourth-order valence-electron chi connectivity index (χ4n) is 5.26. The Morgan fingerprint density at radius 2 is 1.55 bits per heavy atom. The van der Waals surface area contributed by atoms with Crippen LogP contribution >= 0.6 is 0 Å². The molecule has 1 saturated carbocycles. The van der Waals surface area contributed by atoms with Crippen LogP contribution in [0.5, 0.6) is 0 Å². The molecule has 2 aromatic carbocycles. The maximum atomic E-state index is 13.6. The summed E-state index contributed by atoms with van der Waals surface area (Å²) in [7, 11) is 0. The molecule has 2 N–H and O–H groups in total. The summed E-state index contributed by atoms with van der Waals surface area (Å²) in [6, 6.07) is 23.2. The van der Waals surface area contributed by atoms with E-state index in [0.717, 1.165) is 33.3 Å². The van der Waals surface area contributed by atoms with Crippen LogP contribution in [-0.4, -0.2) is 35.5 Å². The van der Waals surface area contributed by atoms with Gasteiger partial charge in [-0.1, -0.05) is 54.6 Å². The fraction of sp³-hybridized carbons (Fsp3) is 0.138. The van der Waals surface area contributed by atoms with Gasteiger partial charge in [-0.05, 0) is 29.3 Å². The van der Waals surface area contributed by atoms with Gasteiger partial charge in [-0.25, -0.2) is 23.7 Å². The van der Waals surface area contributed by atoms with E-state index >= 15 is 0 Å². The van der Waals surface area contributed by atoms with E-state index in [-0.39, 0.29) is 12.8 Å². The summed E-state index contributed by atoms with van der Waals surface area (Å²) in [5, 5.41) is 9.63. The molecule has 0 unspecified atom stereocenters. The highest BCUT2D eigenvalue weighted by molar-refractivity contribution is 5.98. The number of nitrogens with zero attached hydrogens (tertiary/aromatic N) is 6. The minimum atomic E-state index is -2.70. The van der Waals surface area contributed by atoms with Crippen molar-refractivity contribution in [3.05, 3.63) is 97.0 Å². The third-order valence-electron chi connectivity index (χ3n) is 7.10. The predicted molar refractivity (Wildman–Crippen MR) is 140 cm³/mol. The predicted octanol–water partition coefficient (Wildman–Crippen LogP) is 5.65. The number of rotatable bonds is 4. The summed E-state index contributed by atoms with van der Waals surface area (Å²) in [4.78, 5) is 13.7. The highest BCUT2D eigenvalue weighted by Crippen LogP contribution is 2.50. The van der Waals surface area contributed by atoms with Gasteiger partial charge in [-0.2, -0.15) is 0 Å². The second-order valence-corrected chi connectivity index (χ2v) is 9.73. The molecular weight excluding hydrogens is 484 g/mol. The topological polar surface area (TPSA) is 94.9 Å². The molecule has 7 nitrogen and oxygen atoms in total. The Kier molecular flexibility index (Phi) is 4.86. The Hall–Kier alpha value is -4.63. The van der Waals surface area contributed by atoms with Crippen LogP contribution < -0.4 is 5.73 Å². The van der Waals surface area contributed by atoms with Crippen LogP contribution in [-0.2, 0) is 5.54 Å². The second kappa shape index (κ2) is 8.19. The quantitative estimate of drug-likeness (QED) is 0.333. The lowest BCUT2D eigenvalue weighted by atomic mass is 9.70. The van der Waals surface area contributed by atoms with Crippen molar-refractivity contribution in [2.45, 2.75) is 24.3 Å². The molecule has 0 aliphatic heterocycles. The summed E-state index contributed by atoms with van der Waals surface area (Å²) in [5.74, 6) is -1.68. The van der Waals surface area contributed by atoms with Gasteiger partial charge in [0, 0.05) is 47.9 Å². The average molecular weight is 506 g/mol.